The summed E-state index contributed by atoms with van der Waals surface area (Å²) in [5.41, 5.74) is 19.9. The van der Waals surface area contributed by atoms with Gasteiger partial charge in [0.1, 0.15) is 0 Å². The Morgan fingerprint density at radius 1 is 0.258 bits per heavy atom. The minimum atomic E-state index is -0.515. The number of benzene rings is 11. The van der Waals surface area contributed by atoms with Crippen molar-refractivity contribution < 1.29 is 0 Å². The molecule has 0 atom stereocenters. The second-order valence-corrected chi connectivity index (χ2v) is 17.2. The van der Waals surface area contributed by atoms with Crippen LogP contribution in [0.1, 0.15) is 22.3 Å². The van der Waals surface area contributed by atoms with Gasteiger partial charge in [0.2, 0.25) is 0 Å². The molecule has 0 heterocycles. The molecule has 0 bridgehead atoms. The number of hydrogen-bond donors (Lipinski definition) is 0. The van der Waals surface area contributed by atoms with Crippen molar-refractivity contribution >= 4 is 27.8 Å². The fraction of sp³-hybridized carbons (Fsp3) is 0.0154. The molecule has 310 valence electrons. The normalized spacial score (nSPS) is 12.4. The van der Waals surface area contributed by atoms with Crippen LogP contribution in [0.3, 0.4) is 0 Å². The number of rotatable bonds is 9. The molecule has 0 saturated carbocycles. The summed E-state index contributed by atoms with van der Waals surface area (Å²) in [5.74, 6) is 0. The van der Waals surface area contributed by atoms with Gasteiger partial charge in [0.05, 0.1) is 11.1 Å². The Morgan fingerprint density at radius 2 is 0.712 bits per heavy atom. The third kappa shape index (κ3) is 6.73. The van der Waals surface area contributed by atoms with Crippen molar-refractivity contribution in [2.24, 2.45) is 0 Å². The zero-order valence-corrected chi connectivity index (χ0v) is 36.4. The first-order chi connectivity index (χ1) is 32.7. The van der Waals surface area contributed by atoms with Crippen LogP contribution in [-0.4, -0.2) is 0 Å². The zero-order valence-electron chi connectivity index (χ0n) is 36.4. The number of nitrogens with zero attached hydrogens (tertiary/aromatic N) is 1. The first-order valence-electron chi connectivity index (χ1n) is 22.8. The average molecular weight is 840 g/mol. The third-order valence-corrected chi connectivity index (χ3v) is 13.5. The Kier molecular flexibility index (Phi) is 9.81. The molecule has 11 aromatic rings. The van der Waals surface area contributed by atoms with E-state index in [2.05, 4.69) is 278 Å². The van der Waals surface area contributed by atoms with Gasteiger partial charge in [-0.3, -0.25) is 0 Å². The molecule has 0 spiro atoms. The molecule has 1 aliphatic carbocycles. The van der Waals surface area contributed by atoms with Crippen molar-refractivity contribution in [3.63, 3.8) is 0 Å². The summed E-state index contributed by atoms with van der Waals surface area (Å²) in [6.45, 7) is 0. The number of anilines is 3. The SMILES string of the molecule is c1ccc(-c2cccc(-c3cccc(N(c4ccc(-c5ccc(-c6ccc7ccccc7c6)cc5)cc4)c4cccc5c4-c4ccccc4C5(c4ccccc4)c4ccccc4)c3)c2)cc1. The molecule has 1 aliphatic rings. The molecule has 11 aromatic carbocycles. The van der Waals surface area contributed by atoms with Gasteiger partial charge in [-0.1, -0.05) is 231 Å². The summed E-state index contributed by atoms with van der Waals surface area (Å²) >= 11 is 0. The molecule has 0 aliphatic heterocycles. The lowest BCUT2D eigenvalue weighted by Crippen LogP contribution is -2.28. The molecule has 0 saturated heterocycles. The predicted molar refractivity (Wildman–Crippen MR) is 278 cm³/mol. The van der Waals surface area contributed by atoms with Crippen LogP contribution in [0.4, 0.5) is 17.1 Å². The quantitative estimate of drug-likeness (QED) is 0.140. The molecule has 66 heavy (non-hydrogen) atoms. The van der Waals surface area contributed by atoms with Gasteiger partial charge in [-0.15, -0.1) is 0 Å². The molecule has 0 unspecified atom stereocenters. The van der Waals surface area contributed by atoms with E-state index in [4.69, 9.17) is 0 Å². The van der Waals surface area contributed by atoms with Crippen LogP contribution in [0.15, 0.2) is 273 Å². The van der Waals surface area contributed by atoms with E-state index < -0.39 is 5.41 Å². The molecule has 0 amide bonds. The van der Waals surface area contributed by atoms with E-state index in [-0.39, 0.29) is 0 Å². The smallest absolute Gasteiger partial charge is 0.0714 e. The highest BCUT2D eigenvalue weighted by molar-refractivity contribution is 5.98. The minimum Gasteiger partial charge on any atom is -0.310 e. The molecule has 0 fully saturated rings. The fourth-order valence-electron chi connectivity index (χ4n) is 10.4. The van der Waals surface area contributed by atoms with Crippen LogP contribution in [0, 0.1) is 0 Å². The zero-order chi connectivity index (χ0) is 43.9. The van der Waals surface area contributed by atoms with Gasteiger partial charge in [0.25, 0.3) is 0 Å². The van der Waals surface area contributed by atoms with Crippen molar-refractivity contribution in [1.82, 2.24) is 0 Å². The van der Waals surface area contributed by atoms with Crippen LogP contribution in [0.25, 0.3) is 66.4 Å². The molecule has 12 rings (SSSR count). The van der Waals surface area contributed by atoms with E-state index in [0.717, 1.165) is 22.6 Å². The van der Waals surface area contributed by atoms with Crippen LogP contribution in [0.5, 0.6) is 0 Å². The Bertz CT molecular complexity index is 3460. The topological polar surface area (TPSA) is 3.24 Å². The Labute approximate surface area is 387 Å². The monoisotopic (exact) mass is 839 g/mol. The molecular formula is C65H45N. The van der Waals surface area contributed by atoms with Crippen LogP contribution in [-0.2, 0) is 5.41 Å². The van der Waals surface area contributed by atoms with Crippen molar-refractivity contribution in [3.8, 4) is 55.6 Å². The van der Waals surface area contributed by atoms with Gasteiger partial charge in [-0.25, -0.2) is 0 Å². The van der Waals surface area contributed by atoms with Crippen molar-refractivity contribution in [3.05, 3.63) is 295 Å². The average Bonchev–Trinajstić information content (AvgIpc) is 3.71. The lowest BCUT2D eigenvalue weighted by Gasteiger charge is -2.34. The predicted octanol–water partition coefficient (Wildman–Crippen LogP) is 17.3. The molecule has 1 nitrogen and oxygen atoms in total. The van der Waals surface area contributed by atoms with Gasteiger partial charge in [0, 0.05) is 16.9 Å². The van der Waals surface area contributed by atoms with Gasteiger partial charge < -0.3 is 4.90 Å². The van der Waals surface area contributed by atoms with E-state index in [1.165, 1.54) is 83.1 Å². The molecule has 1 heteroatoms. The van der Waals surface area contributed by atoms with E-state index in [0.29, 0.717) is 0 Å². The van der Waals surface area contributed by atoms with Crippen LogP contribution >= 0.6 is 0 Å². The van der Waals surface area contributed by atoms with Crippen molar-refractivity contribution in [2.45, 2.75) is 5.41 Å². The van der Waals surface area contributed by atoms with Gasteiger partial charge >= 0.3 is 0 Å². The van der Waals surface area contributed by atoms with E-state index >= 15 is 0 Å². The summed E-state index contributed by atoms with van der Waals surface area (Å²) in [4.78, 5) is 2.47. The van der Waals surface area contributed by atoms with Crippen LogP contribution in [0.2, 0.25) is 0 Å². The van der Waals surface area contributed by atoms with Crippen molar-refractivity contribution in [2.75, 3.05) is 4.90 Å². The molecule has 0 aromatic heterocycles. The second kappa shape index (κ2) is 16.6. The molecule has 0 radical (unpaired) electrons. The first-order valence-corrected chi connectivity index (χ1v) is 22.8. The highest BCUT2D eigenvalue weighted by Crippen LogP contribution is 2.59. The summed E-state index contributed by atoms with van der Waals surface area (Å²) in [6.07, 6.45) is 0. The lowest BCUT2D eigenvalue weighted by molar-refractivity contribution is 0.768. The van der Waals surface area contributed by atoms with Crippen molar-refractivity contribution in [1.29, 1.82) is 0 Å². The number of hydrogen-bond acceptors (Lipinski definition) is 1. The fourth-order valence-corrected chi connectivity index (χ4v) is 10.4. The van der Waals surface area contributed by atoms with Crippen LogP contribution < -0.4 is 4.90 Å². The van der Waals surface area contributed by atoms with Gasteiger partial charge in [0.15, 0.2) is 0 Å². The lowest BCUT2D eigenvalue weighted by atomic mass is 9.68. The highest BCUT2D eigenvalue weighted by Gasteiger charge is 2.47. The van der Waals surface area contributed by atoms with E-state index in [1.807, 2.05) is 0 Å². The molecular weight excluding hydrogens is 795 g/mol. The summed E-state index contributed by atoms with van der Waals surface area (Å²) in [6, 6.07) is 100. The van der Waals surface area contributed by atoms with E-state index in [1.54, 1.807) is 0 Å². The maximum absolute atomic E-state index is 2.47. The van der Waals surface area contributed by atoms with Gasteiger partial charge in [-0.05, 0) is 126 Å². The largest absolute Gasteiger partial charge is 0.310 e. The highest BCUT2D eigenvalue weighted by atomic mass is 15.1. The standard InChI is InChI=1S/C65H45N/c1-4-17-46(18-5-1)52-21-14-22-53(43-52)54-23-15-28-59(45-54)66(58-41-39-49(40-42-58)48-33-35-50(36-34-48)55-38-37-47-19-10-11-20-51(47)44-55)63-32-16-31-62-64(63)60-29-12-13-30-61(60)65(62,56-24-6-2-7-25-56)57-26-8-3-9-27-57/h1-45H. The Hall–Kier alpha value is -8.52. The molecule has 0 N–H and O–H groups in total. The third-order valence-electron chi connectivity index (χ3n) is 13.5. The number of fused-ring (bicyclic) bond motifs is 4. The summed E-state index contributed by atoms with van der Waals surface area (Å²) in [7, 11) is 0. The first kappa shape index (κ1) is 39.1. The Balaban J connectivity index is 1.01. The van der Waals surface area contributed by atoms with Gasteiger partial charge in [-0.2, -0.15) is 0 Å². The minimum absolute atomic E-state index is 0.515. The maximum atomic E-state index is 2.47. The summed E-state index contributed by atoms with van der Waals surface area (Å²) in [5, 5.41) is 2.51. The Morgan fingerprint density at radius 3 is 1.41 bits per heavy atom. The second-order valence-electron chi connectivity index (χ2n) is 17.2. The summed E-state index contributed by atoms with van der Waals surface area (Å²) < 4.78 is 0. The maximum Gasteiger partial charge on any atom is 0.0714 e. The van der Waals surface area contributed by atoms with E-state index in [9.17, 15) is 0 Å².